The topological polar surface area (TPSA) is 145 Å². The summed E-state index contributed by atoms with van der Waals surface area (Å²) in [6, 6.07) is 9.24. The lowest BCUT2D eigenvalue weighted by Gasteiger charge is -2.07. The number of aromatic nitrogens is 4. The number of hydrogen-bond acceptors (Lipinski definition) is 10. The molecular weight excluding hydrogens is 518 g/mol. The van der Waals surface area contributed by atoms with E-state index in [1.165, 1.54) is 6.20 Å². The van der Waals surface area contributed by atoms with Crippen LogP contribution in [0.2, 0.25) is 0 Å². The van der Waals surface area contributed by atoms with Crippen LogP contribution in [0.3, 0.4) is 0 Å². The number of hydrogen-bond donors (Lipinski definition) is 2. The molecule has 0 aliphatic rings. The van der Waals surface area contributed by atoms with E-state index < -0.39 is 17.8 Å². The predicted octanol–water partition coefficient (Wildman–Crippen LogP) is 3.56. The Morgan fingerprint density at radius 3 is 2.51 bits per heavy atom. The number of para-hydroxylation sites is 1. The van der Waals surface area contributed by atoms with Crippen molar-refractivity contribution >= 4 is 57.0 Å². The van der Waals surface area contributed by atoms with Crippen LogP contribution >= 0.6 is 23.1 Å². The highest BCUT2D eigenvalue weighted by atomic mass is 32.2. The van der Waals surface area contributed by atoms with Gasteiger partial charge < -0.3 is 19.8 Å². The van der Waals surface area contributed by atoms with E-state index in [0.717, 1.165) is 28.8 Å². The molecule has 11 nitrogen and oxygen atoms in total. The van der Waals surface area contributed by atoms with E-state index in [4.69, 9.17) is 9.47 Å². The Hall–Kier alpha value is -3.97. The van der Waals surface area contributed by atoms with Gasteiger partial charge in [0.05, 0.1) is 36.4 Å². The molecule has 0 bridgehead atoms. The van der Waals surface area contributed by atoms with Crippen LogP contribution in [0.1, 0.15) is 39.4 Å². The van der Waals surface area contributed by atoms with E-state index in [1.54, 1.807) is 25.5 Å². The van der Waals surface area contributed by atoms with Gasteiger partial charge in [-0.3, -0.25) is 9.59 Å². The summed E-state index contributed by atoms with van der Waals surface area (Å²) >= 11 is 1.95. The van der Waals surface area contributed by atoms with Gasteiger partial charge in [0.2, 0.25) is 5.91 Å². The summed E-state index contributed by atoms with van der Waals surface area (Å²) < 4.78 is 11.7. The predicted molar refractivity (Wildman–Crippen MR) is 140 cm³/mol. The van der Waals surface area contributed by atoms with Crippen molar-refractivity contribution in [2.75, 3.05) is 24.3 Å². The van der Waals surface area contributed by atoms with Gasteiger partial charge in [0, 0.05) is 0 Å². The molecule has 0 unspecified atom stereocenters. The maximum Gasteiger partial charge on any atom is 0.348 e. The van der Waals surface area contributed by atoms with Crippen molar-refractivity contribution in [1.82, 2.24) is 19.7 Å². The third-order valence-corrected chi connectivity index (χ3v) is 7.16. The molecule has 0 spiro atoms. The summed E-state index contributed by atoms with van der Waals surface area (Å²) in [7, 11) is 0. The lowest BCUT2D eigenvalue weighted by atomic mass is 10.1. The average molecular weight is 542 g/mol. The molecule has 0 radical (unpaired) electrons. The summed E-state index contributed by atoms with van der Waals surface area (Å²) in [6.07, 6.45) is 1.44. The van der Waals surface area contributed by atoms with Crippen molar-refractivity contribution in [3.63, 3.8) is 0 Å². The SMILES string of the molecule is CCOC(=O)c1sc(NC(=O)CSc2nc3c(cnn3-c3ccccc3)c(=O)[nH]2)c(C(=O)OCC)c1C. The Kier molecular flexibility index (Phi) is 8.04. The second kappa shape index (κ2) is 11.4. The van der Waals surface area contributed by atoms with Crippen LogP contribution in [0, 0.1) is 6.92 Å². The molecule has 3 aromatic heterocycles. The molecule has 0 fully saturated rings. The minimum Gasteiger partial charge on any atom is -0.462 e. The molecule has 37 heavy (non-hydrogen) atoms. The van der Waals surface area contributed by atoms with Gasteiger partial charge in [0.25, 0.3) is 5.56 Å². The van der Waals surface area contributed by atoms with Gasteiger partial charge in [-0.25, -0.2) is 19.3 Å². The highest BCUT2D eigenvalue weighted by Gasteiger charge is 2.27. The van der Waals surface area contributed by atoms with Crippen LogP contribution in [0.4, 0.5) is 5.00 Å². The van der Waals surface area contributed by atoms with Gasteiger partial charge in [0.1, 0.15) is 15.3 Å². The van der Waals surface area contributed by atoms with Gasteiger partial charge >= 0.3 is 11.9 Å². The van der Waals surface area contributed by atoms with Gasteiger partial charge in [-0.05, 0) is 38.5 Å². The van der Waals surface area contributed by atoms with Crippen LogP contribution in [0.25, 0.3) is 16.7 Å². The Balaban J connectivity index is 1.55. The largest absolute Gasteiger partial charge is 0.462 e. The number of benzene rings is 1. The number of nitrogens with zero attached hydrogens (tertiary/aromatic N) is 3. The van der Waals surface area contributed by atoms with Crippen molar-refractivity contribution < 1.29 is 23.9 Å². The fraction of sp³-hybridized carbons (Fsp3) is 0.250. The highest BCUT2D eigenvalue weighted by Crippen LogP contribution is 2.34. The van der Waals surface area contributed by atoms with Gasteiger partial charge in [0.15, 0.2) is 10.8 Å². The van der Waals surface area contributed by atoms with Crippen LogP contribution in [0.15, 0.2) is 46.5 Å². The molecule has 4 aromatic rings. The molecular formula is C24H23N5O6S2. The van der Waals surface area contributed by atoms with Crippen LogP contribution in [-0.4, -0.2) is 56.6 Å². The first-order valence-electron chi connectivity index (χ1n) is 11.3. The van der Waals surface area contributed by atoms with Crippen molar-refractivity contribution in [1.29, 1.82) is 0 Å². The normalized spacial score (nSPS) is 10.9. The number of carbonyl (C=O) groups excluding carboxylic acids is 3. The fourth-order valence-electron chi connectivity index (χ4n) is 3.46. The molecule has 2 N–H and O–H groups in total. The number of rotatable bonds is 9. The lowest BCUT2D eigenvalue weighted by molar-refractivity contribution is -0.113. The van der Waals surface area contributed by atoms with Gasteiger partial charge in [-0.1, -0.05) is 30.0 Å². The number of fused-ring (bicyclic) bond motifs is 1. The monoisotopic (exact) mass is 541 g/mol. The van der Waals surface area contributed by atoms with Crippen LogP contribution < -0.4 is 10.9 Å². The second-order valence-electron chi connectivity index (χ2n) is 7.54. The molecule has 0 aliphatic heterocycles. The minimum absolute atomic E-state index is 0.105. The number of nitrogens with one attached hydrogen (secondary N) is 2. The standard InChI is InChI=1S/C24H23N5O6S2/c1-4-34-22(32)17-13(3)18(23(33)35-5-2)37-21(17)26-16(30)12-36-24-27-19-15(20(31)28-24)11-25-29(19)14-9-7-6-8-10-14/h6-11H,4-5,12H2,1-3H3,(H,26,30)(H,27,28,31). The van der Waals surface area contributed by atoms with Crippen molar-refractivity contribution in [3.05, 3.63) is 62.9 Å². The number of esters is 2. The Morgan fingerprint density at radius 2 is 1.81 bits per heavy atom. The minimum atomic E-state index is -0.652. The Bertz CT molecular complexity index is 1530. The maximum absolute atomic E-state index is 12.8. The third-order valence-electron chi connectivity index (χ3n) is 5.10. The molecule has 3 heterocycles. The molecule has 4 rings (SSSR count). The molecule has 13 heteroatoms. The number of aromatic amines is 1. The first-order valence-corrected chi connectivity index (χ1v) is 13.1. The van der Waals surface area contributed by atoms with Gasteiger partial charge in [-0.15, -0.1) is 11.3 Å². The summed E-state index contributed by atoms with van der Waals surface area (Å²) in [6.45, 7) is 5.24. The van der Waals surface area contributed by atoms with E-state index >= 15 is 0 Å². The molecule has 1 aromatic carbocycles. The zero-order valence-electron chi connectivity index (χ0n) is 20.2. The van der Waals surface area contributed by atoms with E-state index in [0.29, 0.717) is 16.6 Å². The van der Waals surface area contributed by atoms with E-state index in [-0.39, 0.29) is 45.1 Å². The smallest absolute Gasteiger partial charge is 0.348 e. The maximum atomic E-state index is 12.8. The number of thiophene rings is 1. The first-order chi connectivity index (χ1) is 17.8. The molecule has 0 saturated carbocycles. The molecule has 192 valence electrons. The second-order valence-corrected chi connectivity index (χ2v) is 9.52. The molecule has 0 atom stereocenters. The summed E-state index contributed by atoms with van der Waals surface area (Å²) in [5.74, 6) is -1.83. The molecule has 0 saturated heterocycles. The number of ether oxygens (including phenoxy) is 2. The van der Waals surface area contributed by atoms with Crippen LogP contribution in [0.5, 0.6) is 0 Å². The summed E-state index contributed by atoms with van der Waals surface area (Å²) in [4.78, 5) is 57.6. The Labute approximate surface area is 219 Å². The molecule has 0 aliphatic carbocycles. The fourth-order valence-corrected chi connectivity index (χ4v) is 5.22. The zero-order chi connectivity index (χ0) is 26.5. The van der Waals surface area contributed by atoms with E-state index in [1.807, 2.05) is 30.3 Å². The zero-order valence-corrected chi connectivity index (χ0v) is 21.8. The molecule has 1 amide bonds. The quantitative estimate of drug-likeness (QED) is 0.184. The van der Waals surface area contributed by atoms with E-state index in [9.17, 15) is 19.2 Å². The number of carbonyl (C=O) groups is 3. The third kappa shape index (κ3) is 5.57. The number of anilines is 1. The lowest BCUT2D eigenvalue weighted by Crippen LogP contribution is -2.17. The summed E-state index contributed by atoms with van der Waals surface area (Å²) in [5.41, 5.74) is 1.19. The van der Waals surface area contributed by atoms with Crippen molar-refractivity contribution in [3.8, 4) is 5.69 Å². The Morgan fingerprint density at radius 1 is 1.11 bits per heavy atom. The van der Waals surface area contributed by atoms with Crippen molar-refractivity contribution in [2.24, 2.45) is 0 Å². The number of thioether (sulfide) groups is 1. The van der Waals surface area contributed by atoms with Gasteiger partial charge in [-0.2, -0.15) is 5.10 Å². The van der Waals surface area contributed by atoms with Crippen molar-refractivity contribution in [2.45, 2.75) is 25.9 Å². The number of amides is 1. The summed E-state index contributed by atoms with van der Waals surface area (Å²) in [5, 5.41) is 7.67. The average Bonchev–Trinajstić information content (AvgIpc) is 3.45. The highest BCUT2D eigenvalue weighted by molar-refractivity contribution is 7.99. The first kappa shape index (κ1) is 26.1. The van der Waals surface area contributed by atoms with Crippen LogP contribution in [-0.2, 0) is 14.3 Å². The van der Waals surface area contributed by atoms with E-state index in [2.05, 4.69) is 20.4 Å². The number of H-pyrrole nitrogens is 1.